The molecule has 0 aliphatic carbocycles. The van der Waals surface area contributed by atoms with Crippen LogP contribution >= 0.6 is 0 Å². The molecular weight excluding hydrogens is 465 g/mol. The number of hydrogen-bond acceptors (Lipinski definition) is 2. The number of nitrogens with one attached hydrogen (secondary N) is 1. The highest BCUT2D eigenvalue weighted by Gasteiger charge is 2.35. The third-order valence-electron chi connectivity index (χ3n) is 6.82. The van der Waals surface area contributed by atoms with Crippen molar-refractivity contribution in [2.75, 3.05) is 0 Å². The van der Waals surface area contributed by atoms with Gasteiger partial charge in [-0.2, -0.15) is 5.10 Å². The lowest BCUT2D eigenvalue weighted by Crippen LogP contribution is -2.41. The Kier molecular flexibility index (Phi) is 5.81. The first-order chi connectivity index (χ1) is 18.1. The summed E-state index contributed by atoms with van der Waals surface area (Å²) in [5.41, 5.74) is 5.62. The Morgan fingerprint density at radius 2 is 1.65 bits per heavy atom. The molecule has 37 heavy (non-hydrogen) atoms. The van der Waals surface area contributed by atoms with E-state index in [0.29, 0.717) is 13.1 Å². The average molecular weight is 492 g/mol. The molecule has 0 bridgehead atoms. The monoisotopic (exact) mass is 491 g/mol. The van der Waals surface area contributed by atoms with Gasteiger partial charge >= 0.3 is 6.03 Å². The van der Waals surface area contributed by atoms with Crippen LogP contribution in [0.25, 0.3) is 11.5 Å². The van der Waals surface area contributed by atoms with Crippen molar-refractivity contribution in [3.8, 4) is 11.5 Å². The molecule has 5 aromatic rings. The molecule has 2 amide bonds. The molecule has 1 aliphatic rings. The molecular formula is C30H26FN5O. The Labute approximate surface area is 214 Å². The number of aromatic nitrogens is 3. The van der Waals surface area contributed by atoms with Gasteiger partial charge in [-0.05, 0) is 54.4 Å². The second-order valence-corrected chi connectivity index (χ2v) is 9.16. The Morgan fingerprint density at radius 1 is 0.946 bits per heavy atom. The van der Waals surface area contributed by atoms with Crippen molar-refractivity contribution in [3.05, 3.63) is 137 Å². The number of nitrogens with zero attached hydrogens (tertiary/aromatic N) is 4. The Morgan fingerprint density at radius 3 is 2.38 bits per heavy atom. The molecule has 3 aromatic carbocycles. The van der Waals surface area contributed by atoms with Crippen molar-refractivity contribution < 1.29 is 9.18 Å². The van der Waals surface area contributed by atoms with Crippen LogP contribution in [0.1, 0.15) is 34.1 Å². The number of benzene rings is 3. The molecule has 0 radical (unpaired) electrons. The van der Waals surface area contributed by atoms with Crippen molar-refractivity contribution in [1.82, 2.24) is 24.6 Å². The average Bonchev–Trinajstić information content (AvgIpc) is 3.49. The van der Waals surface area contributed by atoms with Gasteiger partial charge in [-0.1, -0.05) is 60.7 Å². The van der Waals surface area contributed by atoms with Crippen LogP contribution in [0, 0.1) is 12.7 Å². The normalized spacial score (nSPS) is 14.5. The molecule has 0 unspecified atom stereocenters. The summed E-state index contributed by atoms with van der Waals surface area (Å²) in [7, 11) is 0. The van der Waals surface area contributed by atoms with E-state index >= 15 is 0 Å². The minimum atomic E-state index is -0.319. The molecule has 6 rings (SSSR count). The molecule has 184 valence electrons. The number of hydrogen-bond donors (Lipinski definition) is 1. The Bertz CT molecular complexity index is 1540. The lowest BCUT2D eigenvalue weighted by atomic mass is 10.0. The number of halogens is 1. The fourth-order valence-electron chi connectivity index (χ4n) is 5.02. The van der Waals surface area contributed by atoms with Gasteiger partial charge in [0.15, 0.2) is 0 Å². The van der Waals surface area contributed by atoms with Crippen LogP contribution in [0.5, 0.6) is 0 Å². The van der Waals surface area contributed by atoms with Crippen LogP contribution in [0.3, 0.4) is 0 Å². The Hall–Kier alpha value is -4.65. The molecule has 1 atom stereocenters. The zero-order chi connectivity index (χ0) is 25.4. The van der Waals surface area contributed by atoms with Crippen LogP contribution in [-0.4, -0.2) is 25.3 Å². The fraction of sp³-hybridized carbons (Fsp3) is 0.133. The molecule has 6 nitrogen and oxygen atoms in total. The van der Waals surface area contributed by atoms with Gasteiger partial charge in [0.2, 0.25) is 0 Å². The lowest BCUT2D eigenvalue weighted by Gasteiger charge is -2.31. The van der Waals surface area contributed by atoms with Gasteiger partial charge in [-0.25, -0.2) is 13.9 Å². The second-order valence-electron chi connectivity index (χ2n) is 9.16. The molecule has 0 fully saturated rings. The molecule has 0 saturated heterocycles. The minimum absolute atomic E-state index is 0.203. The third kappa shape index (κ3) is 4.18. The number of para-hydroxylation sites is 1. The van der Waals surface area contributed by atoms with Gasteiger partial charge in [0.1, 0.15) is 11.6 Å². The molecule has 0 saturated carbocycles. The topological polar surface area (TPSA) is 55.1 Å². The maximum absolute atomic E-state index is 13.8. The largest absolute Gasteiger partial charge is 0.334 e. The maximum atomic E-state index is 13.8. The zero-order valence-corrected chi connectivity index (χ0v) is 20.4. The van der Waals surface area contributed by atoms with E-state index in [-0.39, 0.29) is 17.9 Å². The van der Waals surface area contributed by atoms with E-state index in [4.69, 9.17) is 5.10 Å². The SMILES string of the molecule is Cc1nn(-c2ccccc2)c2c1CN(C(=O)NCc1ccc(F)cc1)[C@@H](c1ccccc1)c1cccn1-2. The van der Waals surface area contributed by atoms with Crippen LogP contribution in [0.2, 0.25) is 0 Å². The number of fused-ring (bicyclic) bond motifs is 3. The first-order valence-electron chi connectivity index (χ1n) is 12.3. The molecule has 0 spiro atoms. The fourth-order valence-corrected chi connectivity index (χ4v) is 5.02. The second kappa shape index (κ2) is 9.43. The van der Waals surface area contributed by atoms with Crippen molar-refractivity contribution >= 4 is 6.03 Å². The minimum Gasteiger partial charge on any atom is -0.334 e. The summed E-state index contributed by atoms with van der Waals surface area (Å²) in [5, 5.41) is 7.93. The van der Waals surface area contributed by atoms with Gasteiger partial charge in [-0.3, -0.25) is 0 Å². The van der Waals surface area contributed by atoms with Crippen LogP contribution in [0.4, 0.5) is 9.18 Å². The molecule has 1 aliphatic heterocycles. The molecule has 2 aromatic heterocycles. The van der Waals surface area contributed by atoms with E-state index in [1.165, 1.54) is 12.1 Å². The van der Waals surface area contributed by atoms with Crippen molar-refractivity contribution in [2.45, 2.75) is 26.1 Å². The quantitative estimate of drug-likeness (QED) is 0.339. The number of urea groups is 1. The van der Waals surface area contributed by atoms with Crippen molar-refractivity contribution in [1.29, 1.82) is 0 Å². The van der Waals surface area contributed by atoms with Gasteiger partial charge < -0.3 is 14.8 Å². The number of amides is 2. The van der Waals surface area contributed by atoms with Crippen molar-refractivity contribution in [3.63, 3.8) is 0 Å². The summed E-state index contributed by atoms with van der Waals surface area (Å²) in [6.07, 6.45) is 2.03. The van der Waals surface area contributed by atoms with Crippen LogP contribution in [-0.2, 0) is 13.1 Å². The number of carbonyl (C=O) groups is 1. The van der Waals surface area contributed by atoms with E-state index < -0.39 is 0 Å². The van der Waals surface area contributed by atoms with Crippen LogP contribution in [0.15, 0.2) is 103 Å². The smallest absolute Gasteiger partial charge is 0.318 e. The first-order valence-corrected chi connectivity index (χ1v) is 12.3. The number of rotatable bonds is 4. The van der Waals surface area contributed by atoms with E-state index in [0.717, 1.165) is 39.6 Å². The number of carbonyl (C=O) groups excluding carboxylic acids is 1. The van der Waals surface area contributed by atoms with Crippen molar-refractivity contribution in [2.24, 2.45) is 0 Å². The standard InChI is InChI=1S/C30H26FN5O/c1-21-26-20-35(30(37)32-19-22-14-16-24(31)17-15-22)28(23-9-4-2-5-10-23)27-13-8-18-34(27)29(26)36(33-21)25-11-6-3-7-12-25/h2-18,28H,19-20H2,1H3,(H,32,37)/t28-/m0/s1. The van der Waals surface area contributed by atoms with Gasteiger partial charge in [-0.15, -0.1) is 0 Å². The van der Waals surface area contributed by atoms with Gasteiger partial charge in [0.05, 0.1) is 29.7 Å². The predicted molar refractivity (Wildman–Crippen MR) is 140 cm³/mol. The summed E-state index contributed by atoms with van der Waals surface area (Å²) >= 11 is 0. The van der Waals surface area contributed by atoms with Gasteiger partial charge in [0, 0.05) is 18.3 Å². The summed E-state index contributed by atoms with van der Waals surface area (Å²) in [4.78, 5) is 15.7. The molecule has 7 heteroatoms. The van der Waals surface area contributed by atoms with Gasteiger partial charge in [0.25, 0.3) is 0 Å². The summed E-state index contributed by atoms with van der Waals surface area (Å²) in [5.74, 6) is 0.629. The lowest BCUT2D eigenvalue weighted by molar-refractivity contribution is 0.180. The van der Waals surface area contributed by atoms with Crippen LogP contribution < -0.4 is 5.32 Å². The third-order valence-corrected chi connectivity index (χ3v) is 6.82. The van der Waals surface area contributed by atoms with E-state index in [2.05, 4.69) is 28.1 Å². The predicted octanol–water partition coefficient (Wildman–Crippen LogP) is 5.93. The number of aryl methyl sites for hydroxylation is 1. The highest BCUT2D eigenvalue weighted by Crippen LogP contribution is 2.38. The van der Waals surface area contributed by atoms with E-state index in [9.17, 15) is 9.18 Å². The molecule has 3 heterocycles. The first kappa shape index (κ1) is 22.8. The maximum Gasteiger partial charge on any atom is 0.318 e. The highest BCUT2D eigenvalue weighted by atomic mass is 19.1. The zero-order valence-electron chi connectivity index (χ0n) is 20.4. The summed E-state index contributed by atoms with van der Waals surface area (Å²) < 4.78 is 17.5. The Balaban J connectivity index is 1.46. The molecule has 1 N–H and O–H groups in total. The van der Waals surface area contributed by atoms with E-state index in [1.807, 2.05) is 77.3 Å². The highest BCUT2D eigenvalue weighted by molar-refractivity contribution is 5.76. The summed E-state index contributed by atoms with van der Waals surface area (Å²) in [6, 6.07) is 29.8. The summed E-state index contributed by atoms with van der Waals surface area (Å²) in [6.45, 7) is 2.66. The van der Waals surface area contributed by atoms with E-state index in [1.54, 1.807) is 12.1 Å².